The summed E-state index contributed by atoms with van der Waals surface area (Å²) in [7, 11) is 1.68. The lowest BCUT2D eigenvalue weighted by atomic mass is 9.71. The number of piperidine rings is 1. The van der Waals surface area contributed by atoms with E-state index in [0.717, 1.165) is 68.5 Å². The molecule has 0 amide bonds. The predicted molar refractivity (Wildman–Crippen MR) is 116 cm³/mol. The quantitative estimate of drug-likeness (QED) is 0.700. The Morgan fingerprint density at radius 3 is 2.68 bits per heavy atom. The molecule has 0 aromatic heterocycles. The molecular formula is C24H30ClNO2. The molecule has 1 saturated heterocycles. The first-order valence-electron chi connectivity index (χ1n) is 10.2. The lowest BCUT2D eigenvalue weighted by Crippen LogP contribution is -2.59. The minimum Gasteiger partial charge on any atom is -0.497 e. The van der Waals surface area contributed by atoms with Gasteiger partial charge in [0.05, 0.1) is 12.6 Å². The van der Waals surface area contributed by atoms with E-state index < -0.39 is 0 Å². The molecule has 1 unspecified atom stereocenters. The molecule has 1 fully saturated rings. The first-order valence-corrected chi connectivity index (χ1v) is 10.2. The topological polar surface area (TPSA) is 29.5 Å². The number of rotatable bonds is 5. The molecule has 4 rings (SSSR count). The van der Waals surface area contributed by atoms with Crippen LogP contribution in [0.1, 0.15) is 53.6 Å². The Morgan fingerprint density at radius 2 is 1.89 bits per heavy atom. The number of likely N-dealkylation sites (tertiary alicyclic amines) is 1. The second-order valence-electron chi connectivity index (χ2n) is 7.92. The van der Waals surface area contributed by atoms with Crippen molar-refractivity contribution in [2.75, 3.05) is 20.2 Å². The number of carbonyl (C=O) groups is 1. The van der Waals surface area contributed by atoms with Crippen molar-refractivity contribution in [3.8, 4) is 5.75 Å². The van der Waals surface area contributed by atoms with Crippen molar-refractivity contribution < 1.29 is 9.53 Å². The summed E-state index contributed by atoms with van der Waals surface area (Å²) in [5.74, 6) is 1.19. The Labute approximate surface area is 174 Å². The van der Waals surface area contributed by atoms with E-state index in [1.807, 2.05) is 18.2 Å². The standard InChI is InChI=1S/C24H29NO2.ClH/c1-27-21-11-12-22-20(18-21)13-15-24(23(22)26)14-5-6-16-25(24)17-7-10-19-8-3-2-4-9-19;/h2-4,8-9,11-12,18H,5-7,10,13-17H2,1H3;1H. The van der Waals surface area contributed by atoms with Crippen molar-refractivity contribution in [1.29, 1.82) is 0 Å². The second-order valence-corrected chi connectivity index (χ2v) is 7.92. The zero-order valence-electron chi connectivity index (χ0n) is 16.7. The van der Waals surface area contributed by atoms with E-state index in [1.165, 1.54) is 12.0 Å². The van der Waals surface area contributed by atoms with Gasteiger partial charge in [-0.3, -0.25) is 9.69 Å². The Kier molecular flexibility index (Phi) is 6.79. The highest BCUT2D eigenvalue weighted by molar-refractivity contribution is 6.05. The number of fused-ring (bicyclic) bond motifs is 1. The summed E-state index contributed by atoms with van der Waals surface area (Å²) < 4.78 is 5.35. The summed E-state index contributed by atoms with van der Waals surface area (Å²) in [6.45, 7) is 2.05. The maximum atomic E-state index is 13.6. The van der Waals surface area contributed by atoms with Gasteiger partial charge in [0.1, 0.15) is 5.75 Å². The van der Waals surface area contributed by atoms with Gasteiger partial charge in [-0.25, -0.2) is 0 Å². The van der Waals surface area contributed by atoms with Crippen LogP contribution in [0.2, 0.25) is 0 Å². The number of ether oxygens (including phenoxy) is 1. The van der Waals surface area contributed by atoms with Crippen LogP contribution in [-0.2, 0) is 12.8 Å². The van der Waals surface area contributed by atoms with Crippen LogP contribution in [0.5, 0.6) is 5.75 Å². The maximum absolute atomic E-state index is 13.6. The van der Waals surface area contributed by atoms with Crippen molar-refractivity contribution >= 4 is 18.2 Å². The predicted octanol–water partition coefficient (Wildman–Crippen LogP) is 5.10. The molecule has 2 aromatic rings. The fourth-order valence-electron chi connectivity index (χ4n) is 4.91. The minimum atomic E-state index is -0.281. The first-order chi connectivity index (χ1) is 13.2. The van der Waals surface area contributed by atoms with Crippen molar-refractivity contribution in [2.24, 2.45) is 0 Å². The van der Waals surface area contributed by atoms with Gasteiger partial charge in [-0.2, -0.15) is 0 Å². The number of aryl methyl sites for hydroxylation is 2. The smallest absolute Gasteiger partial charge is 0.183 e. The lowest BCUT2D eigenvalue weighted by Gasteiger charge is -2.48. The molecule has 0 bridgehead atoms. The van der Waals surface area contributed by atoms with Crippen LogP contribution in [0.3, 0.4) is 0 Å². The van der Waals surface area contributed by atoms with Crippen LogP contribution in [0.4, 0.5) is 0 Å². The fraction of sp³-hybridized carbons (Fsp3) is 0.458. The van der Waals surface area contributed by atoms with E-state index >= 15 is 0 Å². The highest BCUT2D eigenvalue weighted by Gasteiger charge is 2.47. The van der Waals surface area contributed by atoms with Gasteiger partial charge >= 0.3 is 0 Å². The van der Waals surface area contributed by atoms with E-state index in [-0.39, 0.29) is 17.9 Å². The summed E-state index contributed by atoms with van der Waals surface area (Å²) in [5.41, 5.74) is 3.17. The summed E-state index contributed by atoms with van der Waals surface area (Å²) in [6, 6.07) is 16.6. The average Bonchev–Trinajstić information content (AvgIpc) is 2.72. The number of nitrogens with zero attached hydrogens (tertiary/aromatic N) is 1. The molecule has 1 aliphatic heterocycles. The van der Waals surface area contributed by atoms with Crippen molar-refractivity contribution in [1.82, 2.24) is 4.90 Å². The van der Waals surface area contributed by atoms with E-state index in [2.05, 4.69) is 35.2 Å². The summed E-state index contributed by atoms with van der Waals surface area (Å²) in [6.07, 6.45) is 7.46. The summed E-state index contributed by atoms with van der Waals surface area (Å²) in [4.78, 5) is 16.1. The normalized spacial score (nSPS) is 21.8. The summed E-state index contributed by atoms with van der Waals surface area (Å²) >= 11 is 0. The summed E-state index contributed by atoms with van der Waals surface area (Å²) in [5, 5.41) is 0. The Balaban J connectivity index is 0.00000225. The van der Waals surface area contributed by atoms with Crippen LogP contribution in [0.25, 0.3) is 0 Å². The largest absolute Gasteiger partial charge is 0.497 e. The van der Waals surface area contributed by atoms with Crippen molar-refractivity contribution in [2.45, 2.75) is 50.5 Å². The third-order valence-electron chi connectivity index (χ3n) is 6.40. The van der Waals surface area contributed by atoms with Gasteiger partial charge in [-0.05, 0) is 87.4 Å². The Morgan fingerprint density at radius 1 is 1.07 bits per heavy atom. The molecular weight excluding hydrogens is 370 g/mol. The van der Waals surface area contributed by atoms with Gasteiger partial charge in [0.25, 0.3) is 0 Å². The second kappa shape index (κ2) is 9.11. The number of Topliss-reactive ketones (excluding diaryl/α,β-unsaturated/α-hetero) is 1. The van der Waals surface area contributed by atoms with Crippen LogP contribution >= 0.6 is 12.4 Å². The van der Waals surface area contributed by atoms with Gasteiger partial charge in [0.15, 0.2) is 5.78 Å². The first kappa shape index (κ1) is 20.9. The molecule has 1 atom stereocenters. The molecule has 28 heavy (non-hydrogen) atoms. The van der Waals surface area contributed by atoms with Crippen LogP contribution in [0, 0.1) is 0 Å². The molecule has 4 heteroatoms. The molecule has 1 aliphatic carbocycles. The van der Waals surface area contributed by atoms with Gasteiger partial charge in [0.2, 0.25) is 0 Å². The number of ketones is 1. The number of hydrogen-bond acceptors (Lipinski definition) is 3. The molecule has 2 aliphatic rings. The zero-order chi connectivity index (χ0) is 18.7. The third kappa shape index (κ3) is 3.97. The van der Waals surface area contributed by atoms with Gasteiger partial charge in [-0.1, -0.05) is 30.3 Å². The van der Waals surface area contributed by atoms with Gasteiger partial charge in [-0.15, -0.1) is 12.4 Å². The molecule has 0 N–H and O–H groups in total. The number of methoxy groups -OCH3 is 1. The van der Waals surface area contributed by atoms with E-state index in [0.29, 0.717) is 5.78 Å². The highest BCUT2D eigenvalue weighted by atomic mass is 35.5. The van der Waals surface area contributed by atoms with Crippen molar-refractivity contribution in [3.63, 3.8) is 0 Å². The number of hydrogen-bond donors (Lipinski definition) is 0. The van der Waals surface area contributed by atoms with Crippen LogP contribution in [0.15, 0.2) is 48.5 Å². The average molecular weight is 400 g/mol. The van der Waals surface area contributed by atoms with E-state index in [9.17, 15) is 4.79 Å². The van der Waals surface area contributed by atoms with Gasteiger partial charge in [0, 0.05) is 5.56 Å². The molecule has 3 nitrogen and oxygen atoms in total. The highest BCUT2D eigenvalue weighted by Crippen LogP contribution is 2.40. The van der Waals surface area contributed by atoms with Crippen molar-refractivity contribution in [3.05, 3.63) is 65.2 Å². The Bertz CT molecular complexity index is 808. The number of carbonyl (C=O) groups excluding carboxylic acids is 1. The molecule has 1 spiro atoms. The van der Waals surface area contributed by atoms with Gasteiger partial charge < -0.3 is 4.74 Å². The molecule has 0 saturated carbocycles. The molecule has 0 radical (unpaired) electrons. The zero-order valence-corrected chi connectivity index (χ0v) is 17.5. The number of benzene rings is 2. The monoisotopic (exact) mass is 399 g/mol. The Hall–Kier alpha value is -1.84. The molecule has 2 aromatic carbocycles. The lowest BCUT2D eigenvalue weighted by molar-refractivity contribution is 0.0288. The van der Waals surface area contributed by atoms with E-state index in [1.54, 1.807) is 7.11 Å². The fourth-order valence-corrected chi connectivity index (χ4v) is 4.91. The van der Waals surface area contributed by atoms with E-state index in [4.69, 9.17) is 4.74 Å². The SMILES string of the molecule is COc1ccc2c(c1)CCC1(CCCCN1CCCc1ccccc1)C2=O.Cl. The van der Waals surface area contributed by atoms with Crippen LogP contribution in [-0.4, -0.2) is 36.4 Å². The van der Waals surface area contributed by atoms with Crippen LogP contribution < -0.4 is 4.74 Å². The molecule has 1 heterocycles. The maximum Gasteiger partial charge on any atom is 0.183 e. The minimum absolute atomic E-state index is 0. The third-order valence-corrected chi connectivity index (χ3v) is 6.40. The molecule has 150 valence electrons. The number of halogens is 1.